The number of carbonyl (C=O) groups excluding carboxylic acids is 2. The fourth-order valence-electron chi connectivity index (χ4n) is 6.13. The average Bonchev–Trinajstić information content (AvgIpc) is 3.28. The van der Waals surface area contributed by atoms with Crippen molar-refractivity contribution < 1.29 is 19.2 Å². The first-order chi connectivity index (χ1) is 17.5. The van der Waals surface area contributed by atoms with Gasteiger partial charge in [0, 0.05) is 23.0 Å². The van der Waals surface area contributed by atoms with Crippen LogP contribution in [0.25, 0.3) is 10.9 Å². The average molecular weight is 488 g/mol. The molecule has 0 unspecified atom stereocenters. The maximum atomic E-state index is 13.9. The van der Waals surface area contributed by atoms with E-state index in [1.807, 2.05) is 17.0 Å². The molecule has 36 heavy (non-hydrogen) atoms. The van der Waals surface area contributed by atoms with Gasteiger partial charge in [0.25, 0.3) is 0 Å². The molecule has 2 saturated heterocycles. The van der Waals surface area contributed by atoms with Crippen LogP contribution in [0.5, 0.6) is 0 Å². The molecule has 3 aliphatic rings. The first kappa shape index (κ1) is 23.3. The van der Waals surface area contributed by atoms with Crippen molar-refractivity contribution >= 4 is 22.7 Å². The number of amides is 2. The topological polar surface area (TPSA) is 70.1 Å². The number of carbonyl (C=O) groups is 2. The number of hydrogen-bond acceptors (Lipinski definition) is 3. The molecule has 2 amide bonds. The van der Waals surface area contributed by atoms with E-state index >= 15 is 0 Å². The van der Waals surface area contributed by atoms with E-state index in [9.17, 15) is 9.59 Å². The third kappa shape index (κ3) is 4.00. The monoisotopic (exact) mass is 487 g/mol. The lowest BCUT2D eigenvalue weighted by atomic mass is 9.85. The summed E-state index contributed by atoms with van der Waals surface area (Å²) in [6, 6.07) is 16.0. The number of aromatic amines is 1. The lowest BCUT2D eigenvalue weighted by Gasteiger charge is -2.47. The summed E-state index contributed by atoms with van der Waals surface area (Å²) < 4.78 is 5.47. The van der Waals surface area contributed by atoms with Crippen LogP contribution in [0.15, 0.2) is 48.5 Å². The predicted octanol–water partition coefficient (Wildman–Crippen LogP) is 1.89. The van der Waals surface area contributed by atoms with E-state index in [0.717, 1.165) is 60.6 Å². The van der Waals surface area contributed by atoms with Gasteiger partial charge in [-0.2, -0.15) is 0 Å². The minimum atomic E-state index is -0.479. The Morgan fingerprint density at radius 3 is 2.56 bits per heavy atom. The first-order valence-electron chi connectivity index (χ1n) is 13.2. The molecular weight excluding hydrogens is 452 g/mol. The van der Waals surface area contributed by atoms with E-state index in [4.69, 9.17) is 4.74 Å². The Labute approximate surface area is 212 Å². The second-order valence-electron chi connectivity index (χ2n) is 10.7. The molecule has 2 aromatic carbocycles. The number of nitrogens with zero attached hydrogens (tertiary/aromatic N) is 2. The number of hydrogen-bond donors (Lipinski definition) is 2. The number of fused-ring (bicyclic) bond motifs is 4. The highest BCUT2D eigenvalue weighted by Crippen LogP contribution is 2.42. The molecule has 0 bridgehead atoms. The summed E-state index contributed by atoms with van der Waals surface area (Å²) in [7, 11) is 0. The lowest BCUT2D eigenvalue weighted by Crippen LogP contribution is -3.14. The van der Waals surface area contributed by atoms with E-state index in [1.165, 1.54) is 10.5 Å². The smallest absolute Gasteiger partial charge is 0.246 e. The highest BCUT2D eigenvalue weighted by Gasteiger charge is 2.48. The molecule has 2 atom stereocenters. The maximum Gasteiger partial charge on any atom is 0.246 e. The fourth-order valence-corrected chi connectivity index (χ4v) is 6.13. The molecule has 2 N–H and O–H groups in total. The minimum Gasteiger partial charge on any atom is -0.370 e. The van der Waals surface area contributed by atoms with Crippen LogP contribution in [0.1, 0.15) is 48.2 Å². The second-order valence-corrected chi connectivity index (χ2v) is 10.7. The van der Waals surface area contributed by atoms with Crippen LogP contribution in [0.4, 0.5) is 0 Å². The quantitative estimate of drug-likeness (QED) is 0.578. The van der Waals surface area contributed by atoms with Crippen molar-refractivity contribution in [3.8, 4) is 0 Å². The number of piperazine rings is 1. The van der Waals surface area contributed by atoms with Gasteiger partial charge in [-0.3, -0.25) is 9.59 Å². The highest BCUT2D eigenvalue weighted by atomic mass is 16.5. The molecule has 2 fully saturated rings. The van der Waals surface area contributed by atoms with Crippen molar-refractivity contribution in [3.05, 3.63) is 70.9 Å². The molecule has 6 rings (SSSR count). The summed E-state index contributed by atoms with van der Waals surface area (Å²) in [6.07, 6.45) is 0.547. The molecule has 3 aromatic rings. The zero-order chi connectivity index (χ0) is 24.8. The van der Waals surface area contributed by atoms with E-state index in [2.05, 4.69) is 55.2 Å². The van der Waals surface area contributed by atoms with Crippen LogP contribution >= 0.6 is 0 Å². The van der Waals surface area contributed by atoms with Crippen molar-refractivity contribution in [2.75, 3.05) is 45.9 Å². The number of aromatic nitrogens is 1. The third-order valence-corrected chi connectivity index (χ3v) is 8.20. The summed E-state index contributed by atoms with van der Waals surface area (Å²) >= 11 is 0. The number of H-pyrrole nitrogens is 1. The molecule has 7 heteroatoms. The molecule has 3 aliphatic heterocycles. The Hall–Kier alpha value is -3.16. The zero-order valence-corrected chi connectivity index (χ0v) is 21.1. The number of ether oxygens (including phenoxy) is 1. The Balaban J connectivity index is 1.36. The second kappa shape index (κ2) is 9.37. The van der Waals surface area contributed by atoms with Crippen molar-refractivity contribution in [3.63, 3.8) is 0 Å². The van der Waals surface area contributed by atoms with Crippen LogP contribution in [0.3, 0.4) is 0 Å². The van der Waals surface area contributed by atoms with Gasteiger partial charge in [0.15, 0.2) is 0 Å². The van der Waals surface area contributed by atoms with Crippen LogP contribution < -0.4 is 4.90 Å². The SMILES string of the molecule is CC(C)c1ccc([C@H]2c3[nH]c4ccccc4c3C[C@H]3C(=O)N(CC[NH+]4CCOCC4)CC(=O)N23)cc1. The number of benzene rings is 2. The van der Waals surface area contributed by atoms with Gasteiger partial charge in [-0.15, -0.1) is 0 Å². The van der Waals surface area contributed by atoms with E-state index in [0.29, 0.717) is 18.9 Å². The molecule has 0 saturated carbocycles. The van der Waals surface area contributed by atoms with E-state index in [-0.39, 0.29) is 24.4 Å². The Kier molecular flexibility index (Phi) is 6.05. The van der Waals surface area contributed by atoms with Gasteiger partial charge in [0.1, 0.15) is 25.7 Å². The molecule has 0 aliphatic carbocycles. The summed E-state index contributed by atoms with van der Waals surface area (Å²) in [4.78, 5) is 36.3. The summed E-state index contributed by atoms with van der Waals surface area (Å²) in [5.41, 5.74) is 5.56. The Bertz CT molecular complexity index is 1280. The number of para-hydroxylation sites is 1. The molecule has 1 aromatic heterocycles. The highest BCUT2D eigenvalue weighted by molar-refractivity contribution is 5.97. The summed E-state index contributed by atoms with van der Waals surface area (Å²) in [5.74, 6) is 0.531. The van der Waals surface area contributed by atoms with E-state index in [1.54, 1.807) is 4.90 Å². The molecule has 4 heterocycles. The van der Waals surface area contributed by atoms with Crippen molar-refractivity contribution in [1.29, 1.82) is 0 Å². The van der Waals surface area contributed by atoms with Gasteiger partial charge in [-0.25, -0.2) is 0 Å². The zero-order valence-electron chi connectivity index (χ0n) is 21.1. The third-order valence-electron chi connectivity index (χ3n) is 8.20. The molecule has 0 radical (unpaired) electrons. The molecule has 0 spiro atoms. The van der Waals surface area contributed by atoms with Gasteiger partial charge in [0.2, 0.25) is 11.8 Å². The van der Waals surface area contributed by atoms with Crippen molar-refractivity contribution in [1.82, 2.24) is 14.8 Å². The van der Waals surface area contributed by atoms with Crippen molar-refractivity contribution in [2.45, 2.75) is 38.3 Å². The summed E-state index contributed by atoms with van der Waals surface area (Å²) in [5, 5.41) is 1.14. The normalized spacial score (nSPS) is 22.9. The fraction of sp³-hybridized carbons (Fsp3) is 0.448. The van der Waals surface area contributed by atoms with Crippen LogP contribution in [0, 0.1) is 0 Å². The number of morpholine rings is 1. The van der Waals surface area contributed by atoms with Gasteiger partial charge < -0.3 is 24.4 Å². The molecule has 188 valence electrons. The largest absolute Gasteiger partial charge is 0.370 e. The van der Waals surface area contributed by atoms with E-state index < -0.39 is 6.04 Å². The Morgan fingerprint density at radius 2 is 1.81 bits per heavy atom. The van der Waals surface area contributed by atoms with Gasteiger partial charge in [-0.05, 0) is 28.7 Å². The van der Waals surface area contributed by atoms with Gasteiger partial charge >= 0.3 is 0 Å². The predicted molar refractivity (Wildman–Crippen MR) is 138 cm³/mol. The standard InChI is InChI=1S/C29H34N4O3/c1-19(2)20-7-9-21(10-8-20)28-27-23(22-5-3-4-6-24(22)30-27)17-25-29(35)32(18-26(34)33(25)28)12-11-31-13-15-36-16-14-31/h3-10,19,25,28,30H,11-18H2,1-2H3/p+1/t25-,28-/m0/s1. The number of quaternary nitrogens is 1. The molecular formula is C29H35N4O3+. The van der Waals surface area contributed by atoms with Crippen LogP contribution in [0.2, 0.25) is 0 Å². The summed E-state index contributed by atoms with van der Waals surface area (Å²) in [6.45, 7) is 9.42. The van der Waals surface area contributed by atoms with Crippen LogP contribution in [-0.4, -0.2) is 78.6 Å². The maximum absolute atomic E-state index is 13.9. The number of nitrogens with one attached hydrogen (secondary N) is 2. The van der Waals surface area contributed by atoms with Gasteiger partial charge in [-0.1, -0.05) is 56.3 Å². The molecule has 7 nitrogen and oxygen atoms in total. The Morgan fingerprint density at radius 1 is 1.06 bits per heavy atom. The minimum absolute atomic E-state index is 0.0267. The van der Waals surface area contributed by atoms with Crippen molar-refractivity contribution in [2.24, 2.45) is 0 Å². The lowest BCUT2D eigenvalue weighted by molar-refractivity contribution is -0.907. The van der Waals surface area contributed by atoms with Crippen LogP contribution in [-0.2, 0) is 20.7 Å². The number of rotatable bonds is 5. The first-order valence-corrected chi connectivity index (χ1v) is 13.2. The van der Waals surface area contributed by atoms with Gasteiger partial charge in [0.05, 0.1) is 32.3 Å².